The van der Waals surface area contributed by atoms with Crippen LogP contribution in [0.25, 0.3) is 0 Å². The second-order valence-electron chi connectivity index (χ2n) is 5.54. The van der Waals surface area contributed by atoms with E-state index in [9.17, 15) is 14.8 Å². The van der Waals surface area contributed by atoms with Gasteiger partial charge < -0.3 is 5.21 Å². The Hall–Kier alpha value is -1.62. The summed E-state index contributed by atoms with van der Waals surface area (Å²) in [6.07, 6.45) is 0. The first-order valence-electron chi connectivity index (χ1n) is 5.77. The molecule has 2 rings (SSSR count). The van der Waals surface area contributed by atoms with Crippen molar-refractivity contribution in [1.82, 2.24) is 5.06 Å². The summed E-state index contributed by atoms with van der Waals surface area (Å²) in [5, 5.41) is 25.3. The summed E-state index contributed by atoms with van der Waals surface area (Å²) < 4.78 is 13.6. The fourth-order valence-corrected chi connectivity index (χ4v) is 1.94. The van der Waals surface area contributed by atoms with E-state index in [1.54, 1.807) is 27.7 Å². The summed E-state index contributed by atoms with van der Waals surface area (Å²) in [6.45, 7) is 6.89. The predicted molar refractivity (Wildman–Crippen MR) is 64.8 cm³/mol. The Labute approximate surface area is 106 Å². The first-order valence-corrected chi connectivity index (χ1v) is 5.77. The fraction of sp³-hybridized carbons (Fsp3) is 0.462. The lowest BCUT2D eigenvalue weighted by Gasteiger charge is -2.32. The van der Waals surface area contributed by atoms with Crippen LogP contribution in [0.1, 0.15) is 33.3 Å². The van der Waals surface area contributed by atoms with Crippen LogP contribution in [0.3, 0.4) is 0 Å². The molecule has 97 valence electrons. The topological polar surface area (TPSA) is 49.2 Å². The number of benzene rings is 1. The molecule has 18 heavy (non-hydrogen) atoms. The normalized spacial score (nSPS) is 21.6. The Morgan fingerprint density at radius 2 is 1.67 bits per heavy atom. The maximum absolute atomic E-state index is 12.9. The molecule has 0 fully saturated rings. The highest BCUT2D eigenvalue weighted by Crippen LogP contribution is 2.37. The van der Waals surface area contributed by atoms with E-state index in [2.05, 4.69) is 0 Å². The molecule has 0 N–H and O–H groups in total. The van der Waals surface area contributed by atoms with Gasteiger partial charge in [-0.15, -0.1) is 0 Å². The van der Waals surface area contributed by atoms with E-state index in [1.165, 1.54) is 24.3 Å². The number of hydroxylamine groups is 3. The number of hydrogen-bond donors (Lipinski definition) is 0. The van der Waals surface area contributed by atoms with E-state index in [0.717, 1.165) is 0 Å². The molecule has 1 aromatic carbocycles. The molecule has 0 saturated carbocycles. The van der Waals surface area contributed by atoms with Gasteiger partial charge in [0.15, 0.2) is 5.54 Å². The van der Waals surface area contributed by atoms with E-state index < -0.39 is 16.9 Å². The third kappa shape index (κ3) is 1.50. The van der Waals surface area contributed by atoms with Crippen molar-refractivity contribution in [2.75, 3.05) is 0 Å². The molecule has 1 aliphatic rings. The summed E-state index contributed by atoms with van der Waals surface area (Å²) in [4.78, 5) is 0. The maximum atomic E-state index is 12.9. The largest absolute Gasteiger partial charge is 0.714 e. The van der Waals surface area contributed by atoms with Crippen LogP contribution in [0.2, 0.25) is 0 Å². The van der Waals surface area contributed by atoms with Gasteiger partial charge in [-0.1, -0.05) is 5.06 Å². The van der Waals surface area contributed by atoms with E-state index >= 15 is 0 Å². The van der Waals surface area contributed by atoms with Gasteiger partial charge in [0.25, 0.3) is 0 Å². The zero-order chi connectivity index (χ0) is 13.7. The summed E-state index contributed by atoms with van der Waals surface area (Å²) in [5.41, 5.74) is -1.27. The van der Waals surface area contributed by atoms with Crippen LogP contribution in [0.15, 0.2) is 24.3 Å². The summed E-state index contributed by atoms with van der Waals surface area (Å²) in [6, 6.07) is 5.36. The Kier molecular flexibility index (Phi) is 2.63. The highest BCUT2D eigenvalue weighted by atomic mass is 19.1. The SMILES string of the molecule is CC1(C)N([O])C(c2ccc(F)cc2)=[N+]([O-])C1(C)C. The number of rotatable bonds is 1. The summed E-state index contributed by atoms with van der Waals surface area (Å²) in [5.74, 6) is -0.365. The van der Waals surface area contributed by atoms with Gasteiger partial charge in [-0.25, -0.2) is 4.39 Å². The molecule has 1 aliphatic heterocycles. The first kappa shape index (κ1) is 12.8. The predicted octanol–water partition coefficient (Wildman–Crippen LogP) is 2.30. The van der Waals surface area contributed by atoms with Crippen molar-refractivity contribution < 1.29 is 14.3 Å². The number of nitrogens with zero attached hydrogens (tertiary/aromatic N) is 2. The fourth-order valence-electron chi connectivity index (χ4n) is 1.94. The van der Waals surface area contributed by atoms with Crippen molar-refractivity contribution >= 4 is 5.84 Å². The van der Waals surface area contributed by atoms with E-state index in [0.29, 0.717) is 15.4 Å². The molecule has 4 nitrogen and oxygen atoms in total. The van der Waals surface area contributed by atoms with Crippen LogP contribution in [-0.4, -0.2) is 26.7 Å². The third-order valence-corrected chi connectivity index (χ3v) is 4.00. The third-order valence-electron chi connectivity index (χ3n) is 4.00. The molecule has 0 spiro atoms. The second kappa shape index (κ2) is 3.68. The summed E-state index contributed by atoms with van der Waals surface area (Å²) in [7, 11) is 0. The number of halogens is 1. The van der Waals surface area contributed by atoms with Gasteiger partial charge in [-0.05, 0) is 52.0 Å². The Morgan fingerprint density at radius 3 is 2.06 bits per heavy atom. The molecular weight excluding hydrogens is 235 g/mol. The average Bonchev–Trinajstić information content (AvgIpc) is 2.41. The average molecular weight is 251 g/mol. The second-order valence-corrected chi connectivity index (χ2v) is 5.54. The van der Waals surface area contributed by atoms with Crippen LogP contribution in [0.4, 0.5) is 4.39 Å². The molecule has 1 aromatic rings. The van der Waals surface area contributed by atoms with Gasteiger partial charge in [0.2, 0.25) is 0 Å². The van der Waals surface area contributed by atoms with Gasteiger partial charge in [0.05, 0.1) is 5.56 Å². The molecule has 0 aromatic heterocycles. The maximum Gasteiger partial charge on any atom is 0.316 e. The van der Waals surface area contributed by atoms with Crippen molar-refractivity contribution in [3.05, 3.63) is 40.9 Å². The van der Waals surface area contributed by atoms with Crippen molar-refractivity contribution in [3.8, 4) is 0 Å². The Bertz CT molecular complexity index is 506. The molecule has 0 saturated heterocycles. The van der Waals surface area contributed by atoms with Gasteiger partial charge in [0, 0.05) is 5.21 Å². The quantitative estimate of drug-likeness (QED) is 0.568. The molecular formula is C13H16FN2O2. The van der Waals surface area contributed by atoms with Gasteiger partial charge in [-0.3, -0.25) is 4.74 Å². The van der Waals surface area contributed by atoms with Gasteiger partial charge in [-0.2, -0.15) is 0 Å². The van der Waals surface area contributed by atoms with Crippen molar-refractivity contribution in [3.63, 3.8) is 0 Å². The minimum Gasteiger partial charge on any atom is -0.714 e. The molecule has 0 atom stereocenters. The van der Waals surface area contributed by atoms with Crippen molar-refractivity contribution in [2.45, 2.75) is 38.8 Å². The zero-order valence-electron chi connectivity index (χ0n) is 10.9. The van der Waals surface area contributed by atoms with Gasteiger partial charge in [0.1, 0.15) is 11.4 Å². The zero-order valence-corrected chi connectivity index (χ0v) is 10.9. The number of hydrogen-bond acceptors (Lipinski definition) is 2. The van der Waals surface area contributed by atoms with Crippen molar-refractivity contribution in [2.24, 2.45) is 0 Å². The highest BCUT2D eigenvalue weighted by molar-refractivity contribution is 5.95. The smallest absolute Gasteiger partial charge is 0.316 e. The monoisotopic (exact) mass is 251 g/mol. The molecule has 5 heteroatoms. The number of amidine groups is 1. The first-order chi connectivity index (χ1) is 8.19. The Morgan fingerprint density at radius 1 is 1.17 bits per heavy atom. The van der Waals surface area contributed by atoms with Crippen LogP contribution < -0.4 is 0 Å². The standard InChI is InChI=1S/C13H16FN2O2/c1-12(2)13(3,4)16(18)11(15(12)17)9-5-7-10(14)8-6-9/h5-8H,1-4H3. The van der Waals surface area contributed by atoms with Crippen LogP contribution in [-0.2, 0) is 5.21 Å². The molecule has 0 amide bonds. The molecule has 0 bridgehead atoms. The molecule has 1 heterocycles. The highest BCUT2D eigenvalue weighted by Gasteiger charge is 2.59. The van der Waals surface area contributed by atoms with Crippen molar-refractivity contribution in [1.29, 1.82) is 0 Å². The van der Waals surface area contributed by atoms with E-state index in [-0.39, 0.29) is 5.84 Å². The lowest BCUT2D eigenvalue weighted by atomic mass is 9.84. The minimum atomic E-state index is -0.849. The van der Waals surface area contributed by atoms with E-state index in [4.69, 9.17) is 0 Å². The van der Waals surface area contributed by atoms with Crippen LogP contribution in [0, 0.1) is 11.0 Å². The van der Waals surface area contributed by atoms with Crippen LogP contribution >= 0.6 is 0 Å². The molecule has 0 aliphatic carbocycles. The summed E-state index contributed by atoms with van der Waals surface area (Å²) >= 11 is 0. The molecule has 1 radical (unpaired) electrons. The lowest BCUT2D eigenvalue weighted by molar-refractivity contribution is -0.539. The minimum absolute atomic E-state index is 0.0324. The Balaban J connectivity index is 2.57. The van der Waals surface area contributed by atoms with Gasteiger partial charge >= 0.3 is 5.84 Å². The van der Waals surface area contributed by atoms with E-state index in [1.807, 2.05) is 0 Å². The lowest BCUT2D eigenvalue weighted by Crippen LogP contribution is -2.53. The molecule has 0 unspecified atom stereocenters. The van der Waals surface area contributed by atoms with Crippen LogP contribution in [0.5, 0.6) is 0 Å².